The van der Waals surface area contributed by atoms with Gasteiger partial charge < -0.3 is 9.15 Å². The van der Waals surface area contributed by atoms with Crippen LogP contribution in [0.4, 0.5) is 13.2 Å². The van der Waals surface area contributed by atoms with Crippen LogP contribution in [0.15, 0.2) is 52.9 Å². The average Bonchev–Trinajstić information content (AvgIpc) is 3.08. The molecule has 1 aromatic heterocycles. The summed E-state index contributed by atoms with van der Waals surface area (Å²) in [7, 11) is 0. The molecule has 1 heterocycles. The number of carbonyl (C=O) groups is 1. The Morgan fingerprint density at radius 2 is 1.75 bits per heavy atom. The van der Waals surface area contributed by atoms with E-state index in [0.29, 0.717) is 30.6 Å². The van der Waals surface area contributed by atoms with Crippen LogP contribution < -0.4 is 0 Å². The molecule has 0 aliphatic rings. The molecular formula is C22H21F3O3. The van der Waals surface area contributed by atoms with Crippen LogP contribution in [0.2, 0.25) is 0 Å². The number of fused-ring (bicyclic) bond motifs is 1. The number of hydrogen-bond donors (Lipinski definition) is 0. The predicted molar refractivity (Wildman–Crippen MR) is 100 cm³/mol. The van der Waals surface area contributed by atoms with Crippen LogP contribution in [0.1, 0.15) is 47.0 Å². The summed E-state index contributed by atoms with van der Waals surface area (Å²) in [5.41, 5.74) is 1.38. The number of rotatable bonds is 7. The first-order chi connectivity index (χ1) is 13.4. The molecular weight excluding hydrogens is 369 g/mol. The van der Waals surface area contributed by atoms with Gasteiger partial charge in [-0.2, -0.15) is 13.2 Å². The van der Waals surface area contributed by atoms with E-state index in [9.17, 15) is 18.0 Å². The van der Waals surface area contributed by atoms with Gasteiger partial charge in [-0.3, -0.25) is 0 Å². The first-order valence-electron chi connectivity index (χ1n) is 9.23. The van der Waals surface area contributed by atoms with Gasteiger partial charge in [0.05, 0.1) is 17.7 Å². The number of esters is 1. The second-order valence-corrected chi connectivity index (χ2v) is 6.55. The Labute approximate surface area is 161 Å². The van der Waals surface area contributed by atoms with Crippen molar-refractivity contribution >= 4 is 16.9 Å². The quantitative estimate of drug-likeness (QED) is 0.356. The number of ether oxygens (including phenoxy) is 1. The van der Waals surface area contributed by atoms with Crippen molar-refractivity contribution in [1.82, 2.24) is 0 Å². The van der Waals surface area contributed by atoms with Crippen molar-refractivity contribution in [3.63, 3.8) is 0 Å². The van der Waals surface area contributed by atoms with Gasteiger partial charge in [-0.25, -0.2) is 4.79 Å². The zero-order valence-electron chi connectivity index (χ0n) is 15.5. The van der Waals surface area contributed by atoms with Crippen molar-refractivity contribution in [2.75, 3.05) is 6.61 Å². The van der Waals surface area contributed by atoms with Crippen molar-refractivity contribution in [2.24, 2.45) is 0 Å². The minimum atomic E-state index is -4.30. The summed E-state index contributed by atoms with van der Waals surface area (Å²) in [6, 6.07) is 12.4. The van der Waals surface area contributed by atoms with Crippen molar-refractivity contribution in [2.45, 2.75) is 38.8 Å². The maximum absolute atomic E-state index is 12.6. The Bertz CT molecular complexity index is 940. The molecule has 0 aliphatic heterocycles. The number of benzene rings is 2. The second kappa shape index (κ2) is 8.50. The Balaban J connectivity index is 1.57. The first-order valence-corrected chi connectivity index (χ1v) is 9.23. The van der Waals surface area contributed by atoms with Gasteiger partial charge in [0.1, 0.15) is 11.3 Å². The molecule has 0 fully saturated rings. The van der Waals surface area contributed by atoms with Crippen LogP contribution in [0.25, 0.3) is 11.0 Å². The minimum absolute atomic E-state index is 0.309. The maximum atomic E-state index is 12.6. The number of unbranched alkanes of at least 4 members (excludes halogenated alkanes) is 1. The molecule has 3 rings (SSSR count). The van der Waals surface area contributed by atoms with E-state index in [0.717, 1.165) is 41.7 Å². The molecule has 0 spiro atoms. The van der Waals surface area contributed by atoms with Gasteiger partial charge in [0.2, 0.25) is 0 Å². The van der Waals surface area contributed by atoms with E-state index in [1.165, 1.54) is 12.1 Å². The fraction of sp³-hybridized carbons (Fsp3) is 0.318. The van der Waals surface area contributed by atoms with Gasteiger partial charge in [-0.15, -0.1) is 0 Å². The third-order valence-electron chi connectivity index (χ3n) is 4.53. The molecule has 0 saturated carbocycles. The molecule has 0 saturated heterocycles. The predicted octanol–water partition coefficient (Wildman–Crippen LogP) is 6.19. The van der Waals surface area contributed by atoms with Crippen LogP contribution >= 0.6 is 0 Å². The van der Waals surface area contributed by atoms with E-state index in [2.05, 4.69) is 0 Å². The smallest absolute Gasteiger partial charge is 0.416 e. The lowest BCUT2D eigenvalue weighted by Crippen LogP contribution is -2.04. The Hall–Kier alpha value is -2.76. The first kappa shape index (κ1) is 20.0. The van der Waals surface area contributed by atoms with Crippen molar-refractivity contribution < 1.29 is 27.1 Å². The molecule has 0 aliphatic carbocycles. The summed E-state index contributed by atoms with van der Waals surface area (Å²) in [5.74, 6) is 0.405. The molecule has 0 unspecified atom stereocenters. The van der Waals surface area contributed by atoms with Gasteiger partial charge in [0.15, 0.2) is 0 Å². The molecule has 6 heteroatoms. The third-order valence-corrected chi connectivity index (χ3v) is 4.53. The number of aryl methyl sites for hydroxylation is 2. The van der Waals surface area contributed by atoms with Gasteiger partial charge in [-0.05, 0) is 62.1 Å². The number of furan rings is 1. The SMILES string of the molecule is CCOC(=O)c1cccc2oc(CCCCc3ccc(C(F)(F)F)cc3)cc12. The zero-order valence-corrected chi connectivity index (χ0v) is 15.5. The Kier molecular flexibility index (Phi) is 6.07. The Morgan fingerprint density at radius 1 is 1.04 bits per heavy atom. The average molecular weight is 390 g/mol. The van der Waals surface area contributed by atoms with Crippen LogP contribution in [0, 0.1) is 0 Å². The van der Waals surface area contributed by atoms with Gasteiger partial charge >= 0.3 is 12.1 Å². The number of hydrogen-bond acceptors (Lipinski definition) is 3. The number of halogens is 3. The van der Waals surface area contributed by atoms with Crippen LogP contribution in [0.3, 0.4) is 0 Å². The van der Waals surface area contributed by atoms with Gasteiger partial charge in [0.25, 0.3) is 0 Å². The van der Waals surface area contributed by atoms with E-state index in [-0.39, 0.29) is 5.97 Å². The van der Waals surface area contributed by atoms with Crippen molar-refractivity contribution in [3.8, 4) is 0 Å². The van der Waals surface area contributed by atoms with E-state index >= 15 is 0 Å². The molecule has 0 atom stereocenters. The summed E-state index contributed by atoms with van der Waals surface area (Å²) in [5, 5.41) is 0.735. The topological polar surface area (TPSA) is 39.4 Å². The van der Waals surface area contributed by atoms with Gasteiger partial charge in [0, 0.05) is 11.8 Å². The summed E-state index contributed by atoms with van der Waals surface area (Å²) in [4.78, 5) is 12.0. The molecule has 0 radical (unpaired) electrons. The molecule has 0 N–H and O–H groups in total. The largest absolute Gasteiger partial charge is 0.462 e. The summed E-state index contributed by atoms with van der Waals surface area (Å²) in [6.07, 6.45) is -1.25. The van der Waals surface area contributed by atoms with Crippen LogP contribution in [0.5, 0.6) is 0 Å². The summed E-state index contributed by atoms with van der Waals surface area (Å²) < 4.78 is 48.6. The number of carbonyl (C=O) groups excluding carboxylic acids is 1. The highest BCUT2D eigenvalue weighted by Gasteiger charge is 2.29. The lowest BCUT2D eigenvalue weighted by Gasteiger charge is -2.07. The molecule has 2 aromatic carbocycles. The second-order valence-electron chi connectivity index (χ2n) is 6.55. The van der Waals surface area contributed by atoms with Crippen LogP contribution in [-0.4, -0.2) is 12.6 Å². The molecule has 3 nitrogen and oxygen atoms in total. The lowest BCUT2D eigenvalue weighted by atomic mass is 10.0. The maximum Gasteiger partial charge on any atom is 0.416 e. The molecule has 28 heavy (non-hydrogen) atoms. The normalized spacial score (nSPS) is 11.7. The van der Waals surface area contributed by atoms with E-state index in [1.54, 1.807) is 19.1 Å². The molecule has 148 valence electrons. The van der Waals surface area contributed by atoms with E-state index in [1.807, 2.05) is 12.1 Å². The fourth-order valence-electron chi connectivity index (χ4n) is 3.11. The third kappa shape index (κ3) is 4.74. The fourth-order valence-corrected chi connectivity index (χ4v) is 3.11. The monoisotopic (exact) mass is 390 g/mol. The lowest BCUT2D eigenvalue weighted by molar-refractivity contribution is -0.137. The Morgan fingerprint density at radius 3 is 2.43 bits per heavy atom. The summed E-state index contributed by atoms with van der Waals surface area (Å²) in [6.45, 7) is 2.07. The molecule has 3 aromatic rings. The van der Waals surface area contributed by atoms with Crippen molar-refractivity contribution in [1.29, 1.82) is 0 Å². The van der Waals surface area contributed by atoms with E-state index < -0.39 is 11.7 Å². The highest BCUT2D eigenvalue weighted by Crippen LogP contribution is 2.29. The molecule has 0 amide bonds. The van der Waals surface area contributed by atoms with E-state index in [4.69, 9.17) is 9.15 Å². The number of alkyl halides is 3. The zero-order chi connectivity index (χ0) is 20.1. The van der Waals surface area contributed by atoms with Crippen molar-refractivity contribution in [3.05, 3.63) is 71.0 Å². The van der Waals surface area contributed by atoms with Gasteiger partial charge in [-0.1, -0.05) is 18.2 Å². The summed E-state index contributed by atoms with van der Waals surface area (Å²) >= 11 is 0. The minimum Gasteiger partial charge on any atom is -0.462 e. The highest BCUT2D eigenvalue weighted by molar-refractivity contribution is 6.03. The standard InChI is InChI=1S/C22H21F3O3/c1-2-27-21(26)18-8-5-9-20-19(18)14-17(28-20)7-4-3-6-15-10-12-16(13-11-15)22(23,24)25/h5,8-14H,2-4,6-7H2,1H3. The molecule has 0 bridgehead atoms. The highest BCUT2D eigenvalue weighted by atomic mass is 19.4. The van der Waals surface area contributed by atoms with Crippen LogP contribution in [-0.2, 0) is 23.8 Å².